The molecule has 0 saturated heterocycles. The molecule has 96 valence electrons. The second-order valence-corrected chi connectivity index (χ2v) is 5.50. The van der Waals surface area contributed by atoms with Crippen LogP contribution in [-0.2, 0) is 0 Å². The Hall–Kier alpha value is -2.00. The lowest BCUT2D eigenvalue weighted by atomic mass is 10.2. The van der Waals surface area contributed by atoms with Crippen molar-refractivity contribution in [3.05, 3.63) is 71.2 Å². The molecular formula is C16H16N2S. The topological polar surface area (TPSA) is 17.0 Å². The maximum absolute atomic E-state index is 3.54. The van der Waals surface area contributed by atoms with Gasteiger partial charge in [0.25, 0.3) is 0 Å². The van der Waals surface area contributed by atoms with Crippen LogP contribution in [0.5, 0.6) is 0 Å². The van der Waals surface area contributed by atoms with Gasteiger partial charge in [0.15, 0.2) is 0 Å². The quantitative estimate of drug-likeness (QED) is 0.725. The molecular weight excluding hydrogens is 252 g/mol. The number of thiophene rings is 1. The number of hydrogen-bond acceptors (Lipinski definition) is 2. The van der Waals surface area contributed by atoms with Crippen LogP contribution < -0.4 is 5.32 Å². The van der Waals surface area contributed by atoms with E-state index in [1.807, 2.05) is 12.1 Å². The van der Waals surface area contributed by atoms with E-state index in [-0.39, 0.29) is 0 Å². The molecule has 0 saturated carbocycles. The van der Waals surface area contributed by atoms with E-state index in [2.05, 4.69) is 71.0 Å². The van der Waals surface area contributed by atoms with Gasteiger partial charge in [-0.15, -0.1) is 11.3 Å². The Morgan fingerprint density at radius 3 is 2.63 bits per heavy atom. The smallest absolute Gasteiger partial charge is 0.0578 e. The number of anilines is 1. The summed E-state index contributed by atoms with van der Waals surface area (Å²) in [6.45, 7) is 2.19. The first-order valence-electron chi connectivity index (χ1n) is 6.36. The van der Waals surface area contributed by atoms with Crippen molar-refractivity contribution in [1.29, 1.82) is 0 Å². The van der Waals surface area contributed by atoms with Crippen molar-refractivity contribution < 1.29 is 0 Å². The zero-order valence-corrected chi connectivity index (χ0v) is 11.6. The minimum atomic E-state index is 0.333. The Labute approximate surface area is 117 Å². The second-order valence-electron chi connectivity index (χ2n) is 4.52. The molecule has 2 heterocycles. The summed E-state index contributed by atoms with van der Waals surface area (Å²) < 4.78 is 2.11. The van der Waals surface area contributed by atoms with Crippen LogP contribution in [-0.4, -0.2) is 4.57 Å². The predicted molar refractivity (Wildman–Crippen MR) is 82.1 cm³/mol. The third kappa shape index (κ3) is 2.71. The Morgan fingerprint density at radius 2 is 1.89 bits per heavy atom. The van der Waals surface area contributed by atoms with Crippen LogP contribution in [0, 0.1) is 0 Å². The molecule has 0 amide bonds. The molecule has 0 radical (unpaired) electrons. The molecule has 1 aromatic carbocycles. The van der Waals surface area contributed by atoms with Gasteiger partial charge in [0.05, 0.1) is 6.04 Å². The van der Waals surface area contributed by atoms with Gasteiger partial charge in [-0.05, 0) is 48.7 Å². The fraction of sp³-hybridized carbons (Fsp3) is 0.125. The van der Waals surface area contributed by atoms with Crippen LogP contribution in [0.15, 0.2) is 66.3 Å². The first-order valence-corrected chi connectivity index (χ1v) is 7.24. The lowest BCUT2D eigenvalue weighted by Crippen LogP contribution is -2.05. The van der Waals surface area contributed by atoms with E-state index in [4.69, 9.17) is 0 Å². The number of benzene rings is 1. The average molecular weight is 268 g/mol. The number of nitrogens with zero attached hydrogens (tertiary/aromatic N) is 1. The Morgan fingerprint density at radius 1 is 1.05 bits per heavy atom. The van der Waals surface area contributed by atoms with Crippen molar-refractivity contribution in [2.45, 2.75) is 13.0 Å². The van der Waals surface area contributed by atoms with Gasteiger partial charge >= 0.3 is 0 Å². The van der Waals surface area contributed by atoms with Crippen LogP contribution >= 0.6 is 11.3 Å². The summed E-state index contributed by atoms with van der Waals surface area (Å²) in [5, 5.41) is 5.66. The molecule has 19 heavy (non-hydrogen) atoms. The largest absolute Gasteiger partial charge is 0.378 e. The third-order valence-electron chi connectivity index (χ3n) is 3.10. The van der Waals surface area contributed by atoms with Crippen LogP contribution in [0.3, 0.4) is 0 Å². The van der Waals surface area contributed by atoms with Crippen molar-refractivity contribution >= 4 is 17.0 Å². The average Bonchev–Trinajstić information content (AvgIpc) is 3.13. The van der Waals surface area contributed by atoms with Crippen LogP contribution in [0.25, 0.3) is 5.69 Å². The standard InChI is InChI=1S/C16H16N2S/c1-13(16-8-5-11-19-16)17-14-6-4-7-15(12-14)18-9-2-3-10-18/h2-13,17H,1H3. The number of rotatable bonds is 4. The summed E-state index contributed by atoms with van der Waals surface area (Å²) in [5.41, 5.74) is 2.32. The maximum atomic E-state index is 3.54. The third-order valence-corrected chi connectivity index (χ3v) is 4.16. The van der Waals surface area contributed by atoms with E-state index < -0.39 is 0 Å². The molecule has 3 rings (SSSR count). The summed E-state index contributed by atoms with van der Waals surface area (Å²) in [7, 11) is 0. The number of aromatic nitrogens is 1. The molecule has 0 aliphatic carbocycles. The van der Waals surface area contributed by atoms with E-state index in [0.29, 0.717) is 6.04 Å². The normalized spacial score (nSPS) is 12.3. The van der Waals surface area contributed by atoms with E-state index in [9.17, 15) is 0 Å². The molecule has 3 heteroatoms. The van der Waals surface area contributed by atoms with Gasteiger partial charge in [0.2, 0.25) is 0 Å². The number of hydrogen-bond donors (Lipinski definition) is 1. The molecule has 1 unspecified atom stereocenters. The monoisotopic (exact) mass is 268 g/mol. The molecule has 0 spiro atoms. The SMILES string of the molecule is CC(Nc1cccc(-n2cccc2)c1)c1cccs1. The fourth-order valence-electron chi connectivity index (χ4n) is 2.12. The lowest BCUT2D eigenvalue weighted by molar-refractivity contribution is 0.907. The van der Waals surface area contributed by atoms with Crippen molar-refractivity contribution in [3.8, 4) is 5.69 Å². The van der Waals surface area contributed by atoms with E-state index in [1.165, 1.54) is 10.6 Å². The molecule has 0 aliphatic rings. The summed E-state index contributed by atoms with van der Waals surface area (Å²) >= 11 is 1.78. The molecule has 0 aliphatic heterocycles. The molecule has 0 fully saturated rings. The van der Waals surface area contributed by atoms with Gasteiger partial charge in [-0.25, -0.2) is 0 Å². The first kappa shape index (κ1) is 12.1. The summed E-state index contributed by atoms with van der Waals surface area (Å²) in [5.74, 6) is 0. The van der Waals surface area contributed by atoms with E-state index >= 15 is 0 Å². The summed E-state index contributed by atoms with van der Waals surface area (Å²) in [6, 6.07) is 17.1. The Bertz CT molecular complexity index is 627. The zero-order chi connectivity index (χ0) is 13.1. The summed E-state index contributed by atoms with van der Waals surface area (Å²) in [6.07, 6.45) is 4.11. The second kappa shape index (κ2) is 5.33. The lowest BCUT2D eigenvalue weighted by Gasteiger charge is -2.14. The van der Waals surface area contributed by atoms with Crippen molar-refractivity contribution in [2.75, 3.05) is 5.32 Å². The van der Waals surface area contributed by atoms with Gasteiger partial charge in [-0.1, -0.05) is 12.1 Å². The number of nitrogens with one attached hydrogen (secondary N) is 1. The zero-order valence-electron chi connectivity index (χ0n) is 10.8. The Balaban J connectivity index is 1.80. The van der Waals surface area contributed by atoms with Gasteiger partial charge in [-0.3, -0.25) is 0 Å². The molecule has 3 aromatic rings. The minimum absolute atomic E-state index is 0.333. The highest BCUT2D eigenvalue weighted by molar-refractivity contribution is 7.10. The van der Waals surface area contributed by atoms with Crippen molar-refractivity contribution in [3.63, 3.8) is 0 Å². The van der Waals surface area contributed by atoms with Gasteiger partial charge in [0, 0.05) is 28.6 Å². The van der Waals surface area contributed by atoms with Crippen LogP contribution in [0.2, 0.25) is 0 Å². The summed E-state index contributed by atoms with van der Waals surface area (Å²) in [4.78, 5) is 1.35. The maximum Gasteiger partial charge on any atom is 0.0578 e. The van der Waals surface area contributed by atoms with Crippen LogP contribution in [0.1, 0.15) is 17.8 Å². The Kier molecular flexibility index (Phi) is 3.38. The van der Waals surface area contributed by atoms with Crippen molar-refractivity contribution in [1.82, 2.24) is 4.57 Å². The molecule has 2 nitrogen and oxygen atoms in total. The predicted octanol–water partition coefficient (Wildman–Crippen LogP) is 4.71. The highest BCUT2D eigenvalue weighted by Crippen LogP contribution is 2.24. The van der Waals surface area contributed by atoms with Crippen molar-refractivity contribution in [2.24, 2.45) is 0 Å². The van der Waals surface area contributed by atoms with Gasteiger partial charge < -0.3 is 9.88 Å². The van der Waals surface area contributed by atoms with E-state index in [0.717, 1.165) is 5.69 Å². The first-order chi connectivity index (χ1) is 9.33. The highest BCUT2D eigenvalue weighted by Gasteiger charge is 2.06. The van der Waals surface area contributed by atoms with Gasteiger partial charge in [0.1, 0.15) is 0 Å². The highest BCUT2D eigenvalue weighted by atomic mass is 32.1. The molecule has 1 N–H and O–H groups in total. The molecule has 0 bridgehead atoms. The van der Waals surface area contributed by atoms with Gasteiger partial charge in [-0.2, -0.15) is 0 Å². The fourth-order valence-corrected chi connectivity index (χ4v) is 2.86. The molecule has 1 atom stereocenters. The molecule has 2 aromatic heterocycles. The van der Waals surface area contributed by atoms with Crippen LogP contribution in [0.4, 0.5) is 5.69 Å². The van der Waals surface area contributed by atoms with E-state index in [1.54, 1.807) is 11.3 Å². The minimum Gasteiger partial charge on any atom is -0.378 e.